The van der Waals surface area contributed by atoms with Gasteiger partial charge in [0.15, 0.2) is 0 Å². The van der Waals surface area contributed by atoms with E-state index in [0.29, 0.717) is 19.6 Å². The fourth-order valence-electron chi connectivity index (χ4n) is 3.71. The predicted octanol–water partition coefficient (Wildman–Crippen LogP) is 3.22. The molecule has 0 saturated heterocycles. The first kappa shape index (κ1) is 18.2. The SMILES string of the molecule is CCc1c(C)nn(C)c1NC(=O)N1Cc2cnn(Cc3ccc(F)cc3)c2C1. The van der Waals surface area contributed by atoms with Crippen LogP contribution in [0.2, 0.25) is 0 Å². The van der Waals surface area contributed by atoms with Crippen molar-refractivity contribution < 1.29 is 9.18 Å². The summed E-state index contributed by atoms with van der Waals surface area (Å²) in [6.45, 7) is 5.55. The van der Waals surface area contributed by atoms with Crippen molar-refractivity contribution >= 4 is 11.8 Å². The van der Waals surface area contributed by atoms with E-state index in [-0.39, 0.29) is 11.8 Å². The molecule has 0 aliphatic carbocycles. The van der Waals surface area contributed by atoms with Gasteiger partial charge >= 0.3 is 6.03 Å². The van der Waals surface area contributed by atoms with E-state index in [4.69, 9.17) is 0 Å². The minimum Gasteiger partial charge on any atom is -0.314 e. The van der Waals surface area contributed by atoms with Gasteiger partial charge in [-0.25, -0.2) is 9.18 Å². The maximum atomic E-state index is 13.1. The summed E-state index contributed by atoms with van der Waals surface area (Å²) in [5.41, 5.74) is 4.99. The van der Waals surface area contributed by atoms with E-state index in [1.165, 1.54) is 12.1 Å². The molecule has 2 amide bonds. The first-order valence-electron chi connectivity index (χ1n) is 9.32. The molecule has 28 heavy (non-hydrogen) atoms. The normalized spacial score (nSPS) is 13.1. The summed E-state index contributed by atoms with van der Waals surface area (Å²) in [4.78, 5) is 14.6. The number of aromatic nitrogens is 4. The summed E-state index contributed by atoms with van der Waals surface area (Å²) in [6, 6.07) is 6.24. The number of nitrogens with zero attached hydrogens (tertiary/aromatic N) is 5. The first-order chi connectivity index (χ1) is 13.5. The highest BCUT2D eigenvalue weighted by Gasteiger charge is 2.28. The van der Waals surface area contributed by atoms with Crippen LogP contribution in [0.3, 0.4) is 0 Å². The number of halogens is 1. The largest absolute Gasteiger partial charge is 0.323 e. The van der Waals surface area contributed by atoms with Crippen LogP contribution < -0.4 is 5.32 Å². The van der Waals surface area contributed by atoms with Crippen molar-refractivity contribution in [2.24, 2.45) is 7.05 Å². The third-order valence-corrected chi connectivity index (χ3v) is 5.19. The van der Waals surface area contributed by atoms with Gasteiger partial charge in [-0.05, 0) is 31.0 Å². The lowest BCUT2D eigenvalue weighted by Crippen LogP contribution is -2.32. The van der Waals surface area contributed by atoms with Gasteiger partial charge in [-0.2, -0.15) is 10.2 Å². The summed E-state index contributed by atoms with van der Waals surface area (Å²) in [7, 11) is 1.83. The van der Waals surface area contributed by atoms with Crippen LogP contribution in [0.15, 0.2) is 30.5 Å². The summed E-state index contributed by atoms with van der Waals surface area (Å²) in [6.07, 6.45) is 2.61. The Kier molecular flexibility index (Phi) is 4.62. The van der Waals surface area contributed by atoms with E-state index >= 15 is 0 Å². The van der Waals surface area contributed by atoms with Crippen LogP contribution in [-0.2, 0) is 33.1 Å². The summed E-state index contributed by atoms with van der Waals surface area (Å²) >= 11 is 0. The second-order valence-electron chi connectivity index (χ2n) is 7.08. The molecule has 4 rings (SSSR count). The molecule has 1 aromatic carbocycles. The van der Waals surface area contributed by atoms with Gasteiger partial charge in [0.25, 0.3) is 0 Å². The molecule has 0 spiro atoms. The highest BCUT2D eigenvalue weighted by atomic mass is 19.1. The zero-order chi connectivity index (χ0) is 19.8. The van der Waals surface area contributed by atoms with Crippen LogP contribution in [0.5, 0.6) is 0 Å². The molecule has 0 atom stereocenters. The van der Waals surface area contributed by atoms with E-state index in [9.17, 15) is 9.18 Å². The van der Waals surface area contributed by atoms with Gasteiger partial charge in [0.2, 0.25) is 0 Å². The average molecular weight is 382 g/mol. The lowest BCUT2D eigenvalue weighted by atomic mass is 10.2. The van der Waals surface area contributed by atoms with E-state index in [2.05, 4.69) is 22.4 Å². The van der Waals surface area contributed by atoms with Crippen LogP contribution in [0.1, 0.15) is 35.0 Å². The molecular formula is C20H23FN6O. The second-order valence-corrected chi connectivity index (χ2v) is 7.08. The lowest BCUT2D eigenvalue weighted by molar-refractivity contribution is 0.211. The highest BCUT2D eigenvalue weighted by molar-refractivity contribution is 5.89. The number of carbonyl (C=O) groups is 1. The maximum absolute atomic E-state index is 13.1. The van der Waals surface area contributed by atoms with Gasteiger partial charge in [0.1, 0.15) is 11.6 Å². The number of hydrogen-bond acceptors (Lipinski definition) is 3. The Morgan fingerprint density at radius 1 is 1.25 bits per heavy atom. The Hall–Kier alpha value is -3.16. The molecule has 1 N–H and O–H groups in total. The fourth-order valence-corrected chi connectivity index (χ4v) is 3.71. The Bertz CT molecular complexity index is 1020. The van der Waals surface area contributed by atoms with Crippen LogP contribution in [-0.4, -0.2) is 30.5 Å². The Labute approximate surface area is 162 Å². The molecule has 7 nitrogen and oxygen atoms in total. The molecule has 3 heterocycles. The van der Waals surface area contributed by atoms with Gasteiger partial charge in [0.05, 0.1) is 37.2 Å². The average Bonchev–Trinajstić information content (AvgIpc) is 3.32. The number of fused-ring (bicyclic) bond motifs is 1. The molecule has 2 aromatic heterocycles. The number of benzene rings is 1. The Morgan fingerprint density at radius 3 is 2.71 bits per heavy atom. The molecule has 0 bridgehead atoms. The van der Waals surface area contributed by atoms with Crippen molar-refractivity contribution in [3.8, 4) is 0 Å². The van der Waals surface area contributed by atoms with Crippen LogP contribution in [0, 0.1) is 12.7 Å². The lowest BCUT2D eigenvalue weighted by Gasteiger charge is -2.18. The van der Waals surface area contributed by atoms with Crippen molar-refractivity contribution in [1.29, 1.82) is 0 Å². The quantitative estimate of drug-likeness (QED) is 0.753. The molecule has 0 saturated carbocycles. The summed E-state index contributed by atoms with van der Waals surface area (Å²) < 4.78 is 16.7. The third-order valence-electron chi connectivity index (χ3n) is 5.19. The number of amides is 2. The predicted molar refractivity (Wildman–Crippen MR) is 103 cm³/mol. The molecule has 0 fully saturated rings. The molecule has 146 valence electrons. The van der Waals surface area contributed by atoms with Crippen molar-refractivity contribution in [3.63, 3.8) is 0 Å². The molecule has 1 aliphatic rings. The van der Waals surface area contributed by atoms with Gasteiger partial charge in [-0.15, -0.1) is 0 Å². The molecule has 0 unspecified atom stereocenters. The van der Waals surface area contributed by atoms with E-state index in [1.54, 1.807) is 27.9 Å². The maximum Gasteiger partial charge on any atom is 0.323 e. The number of hydrogen-bond donors (Lipinski definition) is 1. The number of anilines is 1. The van der Waals surface area contributed by atoms with E-state index in [0.717, 1.165) is 40.3 Å². The molecule has 3 aromatic rings. The minimum atomic E-state index is -0.255. The number of rotatable bonds is 4. The number of carbonyl (C=O) groups excluding carboxylic acids is 1. The van der Waals surface area contributed by atoms with Crippen LogP contribution in [0.25, 0.3) is 0 Å². The summed E-state index contributed by atoms with van der Waals surface area (Å²) in [5.74, 6) is 0.489. The van der Waals surface area contributed by atoms with Gasteiger partial charge in [-0.1, -0.05) is 19.1 Å². The van der Waals surface area contributed by atoms with Gasteiger partial charge in [-0.3, -0.25) is 14.7 Å². The highest BCUT2D eigenvalue weighted by Crippen LogP contribution is 2.25. The molecule has 8 heteroatoms. The number of nitrogens with one attached hydrogen (secondary N) is 1. The van der Waals surface area contributed by atoms with Crippen molar-refractivity contribution in [2.45, 2.75) is 39.9 Å². The van der Waals surface area contributed by atoms with Gasteiger partial charge < -0.3 is 4.90 Å². The van der Waals surface area contributed by atoms with E-state index in [1.807, 2.05) is 18.7 Å². The molecular weight excluding hydrogens is 359 g/mol. The standard InChI is InChI=1S/C20H23FN6O/c1-4-17-13(2)24-25(3)19(17)23-20(28)26-11-15-9-22-27(18(15)12-26)10-14-5-7-16(21)8-6-14/h5-9H,4,10-12H2,1-3H3,(H,23,28). The zero-order valence-corrected chi connectivity index (χ0v) is 16.2. The van der Waals surface area contributed by atoms with Crippen LogP contribution >= 0.6 is 0 Å². The Balaban J connectivity index is 1.47. The van der Waals surface area contributed by atoms with Crippen molar-refractivity contribution in [1.82, 2.24) is 24.5 Å². The fraction of sp³-hybridized carbons (Fsp3) is 0.350. The Morgan fingerprint density at radius 2 is 2.00 bits per heavy atom. The smallest absolute Gasteiger partial charge is 0.314 e. The summed E-state index contributed by atoms with van der Waals surface area (Å²) in [5, 5.41) is 11.8. The number of aryl methyl sites for hydroxylation is 2. The molecule has 0 radical (unpaired) electrons. The zero-order valence-electron chi connectivity index (χ0n) is 16.2. The second kappa shape index (κ2) is 7.10. The first-order valence-corrected chi connectivity index (χ1v) is 9.32. The van der Waals surface area contributed by atoms with E-state index < -0.39 is 0 Å². The number of urea groups is 1. The van der Waals surface area contributed by atoms with Crippen molar-refractivity contribution in [2.75, 3.05) is 5.32 Å². The third kappa shape index (κ3) is 3.26. The topological polar surface area (TPSA) is 68.0 Å². The minimum absolute atomic E-state index is 0.151. The van der Waals surface area contributed by atoms with Gasteiger partial charge in [0, 0.05) is 18.2 Å². The molecule has 1 aliphatic heterocycles. The van der Waals surface area contributed by atoms with Crippen LogP contribution in [0.4, 0.5) is 15.0 Å². The van der Waals surface area contributed by atoms with Crippen molar-refractivity contribution in [3.05, 3.63) is 64.4 Å². The monoisotopic (exact) mass is 382 g/mol.